The second kappa shape index (κ2) is 6.36. The minimum atomic E-state index is -1.52. The van der Waals surface area contributed by atoms with Gasteiger partial charge in [-0.05, 0) is 40.8 Å². The smallest absolute Gasteiger partial charge is 0.326 e. The third-order valence-corrected chi connectivity index (χ3v) is 3.10. The molecule has 102 valence electrons. The SMILES string of the molecule is O=C(O)CC(NC(=O)c1ccc(I)c(O)c1)C(=O)O. The van der Waals surface area contributed by atoms with E-state index in [1.165, 1.54) is 18.2 Å². The molecule has 0 aliphatic rings. The Bertz CT molecular complexity index is 530. The Hall–Kier alpha value is -1.84. The highest BCUT2D eigenvalue weighted by Crippen LogP contribution is 2.20. The zero-order chi connectivity index (χ0) is 14.6. The maximum absolute atomic E-state index is 11.7. The van der Waals surface area contributed by atoms with Crippen molar-refractivity contribution in [3.8, 4) is 5.75 Å². The second-order valence-corrected chi connectivity index (χ2v) is 4.79. The van der Waals surface area contributed by atoms with Crippen LogP contribution in [-0.2, 0) is 9.59 Å². The van der Waals surface area contributed by atoms with Crippen molar-refractivity contribution in [2.75, 3.05) is 0 Å². The first kappa shape index (κ1) is 15.2. The van der Waals surface area contributed by atoms with Crippen LogP contribution in [0.15, 0.2) is 18.2 Å². The van der Waals surface area contributed by atoms with E-state index >= 15 is 0 Å². The summed E-state index contributed by atoms with van der Waals surface area (Å²) in [5.74, 6) is -3.65. The number of carbonyl (C=O) groups is 3. The maximum atomic E-state index is 11.7. The quantitative estimate of drug-likeness (QED) is 0.557. The number of carbonyl (C=O) groups excluding carboxylic acids is 1. The summed E-state index contributed by atoms with van der Waals surface area (Å²) < 4.78 is 0.537. The average molecular weight is 379 g/mol. The van der Waals surface area contributed by atoms with Gasteiger partial charge in [-0.1, -0.05) is 0 Å². The van der Waals surface area contributed by atoms with Gasteiger partial charge in [0.15, 0.2) is 0 Å². The highest BCUT2D eigenvalue weighted by atomic mass is 127. The summed E-state index contributed by atoms with van der Waals surface area (Å²) in [5.41, 5.74) is 0.0505. The Morgan fingerprint density at radius 2 is 1.89 bits per heavy atom. The molecule has 0 saturated heterocycles. The molecule has 1 amide bonds. The number of hydrogen-bond acceptors (Lipinski definition) is 4. The number of aromatic hydroxyl groups is 1. The Labute approximate surface area is 121 Å². The van der Waals surface area contributed by atoms with Crippen LogP contribution < -0.4 is 5.32 Å². The van der Waals surface area contributed by atoms with E-state index in [1.807, 2.05) is 22.6 Å². The van der Waals surface area contributed by atoms with E-state index in [9.17, 15) is 19.5 Å². The van der Waals surface area contributed by atoms with Crippen molar-refractivity contribution in [2.24, 2.45) is 0 Å². The van der Waals surface area contributed by atoms with Crippen LogP contribution in [0.5, 0.6) is 5.75 Å². The predicted molar refractivity (Wildman–Crippen MR) is 72.0 cm³/mol. The van der Waals surface area contributed by atoms with Gasteiger partial charge in [0.25, 0.3) is 5.91 Å². The van der Waals surface area contributed by atoms with Crippen molar-refractivity contribution in [2.45, 2.75) is 12.5 Å². The fraction of sp³-hybridized carbons (Fsp3) is 0.182. The molecule has 0 aliphatic carbocycles. The zero-order valence-corrected chi connectivity index (χ0v) is 11.6. The number of rotatable bonds is 5. The van der Waals surface area contributed by atoms with Gasteiger partial charge in [-0.3, -0.25) is 9.59 Å². The Kier molecular flexibility index (Phi) is 5.10. The van der Waals surface area contributed by atoms with Crippen molar-refractivity contribution in [3.63, 3.8) is 0 Å². The zero-order valence-electron chi connectivity index (χ0n) is 9.46. The normalized spacial score (nSPS) is 11.6. The predicted octanol–water partition coefficient (Wildman–Crippen LogP) is 0.654. The molecule has 7 nitrogen and oxygen atoms in total. The molecule has 1 unspecified atom stereocenters. The first-order valence-electron chi connectivity index (χ1n) is 5.05. The number of hydrogen-bond donors (Lipinski definition) is 4. The molecule has 0 saturated carbocycles. The highest BCUT2D eigenvalue weighted by molar-refractivity contribution is 14.1. The fourth-order valence-electron chi connectivity index (χ4n) is 1.27. The van der Waals surface area contributed by atoms with E-state index < -0.39 is 30.3 Å². The number of carboxylic acid groups (broad SMARTS) is 2. The van der Waals surface area contributed by atoms with E-state index in [1.54, 1.807) is 0 Å². The van der Waals surface area contributed by atoms with E-state index in [0.717, 1.165) is 0 Å². The molecule has 1 aromatic carbocycles. The first-order chi connectivity index (χ1) is 8.81. The summed E-state index contributed by atoms with van der Waals surface area (Å²) in [5, 5.41) is 28.8. The lowest BCUT2D eigenvalue weighted by Gasteiger charge is -2.12. The standard InChI is InChI=1S/C11H10INO6/c12-6-2-1-5(3-8(6)14)10(17)13-7(11(18)19)4-9(15)16/h1-3,7,14H,4H2,(H,13,17)(H,15,16)(H,18,19). The molecule has 8 heteroatoms. The second-order valence-electron chi connectivity index (χ2n) is 3.63. The van der Waals surface area contributed by atoms with Gasteiger partial charge in [0.05, 0.1) is 9.99 Å². The summed E-state index contributed by atoms with van der Waals surface area (Å²) in [7, 11) is 0. The Balaban J connectivity index is 2.84. The van der Waals surface area contributed by atoms with Crippen LogP contribution in [0.3, 0.4) is 0 Å². The monoisotopic (exact) mass is 379 g/mol. The summed E-state index contributed by atoms with van der Waals surface area (Å²) in [6.07, 6.45) is -0.725. The minimum absolute atomic E-state index is 0.0505. The van der Waals surface area contributed by atoms with E-state index in [2.05, 4.69) is 5.32 Å². The lowest BCUT2D eigenvalue weighted by molar-refractivity contribution is -0.145. The lowest BCUT2D eigenvalue weighted by Crippen LogP contribution is -2.42. The minimum Gasteiger partial charge on any atom is -0.507 e. The van der Waals surface area contributed by atoms with Crippen molar-refractivity contribution in [3.05, 3.63) is 27.3 Å². The van der Waals surface area contributed by atoms with Gasteiger partial charge in [-0.15, -0.1) is 0 Å². The van der Waals surface area contributed by atoms with Gasteiger partial charge in [0, 0.05) is 5.56 Å². The average Bonchev–Trinajstić information content (AvgIpc) is 2.31. The number of phenols is 1. The Morgan fingerprint density at radius 1 is 1.26 bits per heavy atom. The number of aliphatic carboxylic acids is 2. The molecule has 4 N–H and O–H groups in total. The summed E-state index contributed by atoms with van der Waals surface area (Å²) in [4.78, 5) is 33.0. The van der Waals surface area contributed by atoms with Crippen LogP contribution >= 0.6 is 22.6 Å². The number of phenolic OH excluding ortho intramolecular Hbond substituents is 1. The summed E-state index contributed by atoms with van der Waals surface area (Å²) >= 11 is 1.86. The number of amides is 1. The largest absolute Gasteiger partial charge is 0.507 e. The molecule has 1 aromatic rings. The van der Waals surface area contributed by atoms with Crippen LogP contribution in [0, 0.1) is 3.57 Å². The molecule has 0 aliphatic heterocycles. The molecular formula is C11H10INO6. The number of carboxylic acids is 2. The fourth-order valence-corrected chi connectivity index (χ4v) is 1.61. The van der Waals surface area contributed by atoms with Crippen LogP contribution in [0.2, 0.25) is 0 Å². The van der Waals surface area contributed by atoms with E-state index in [4.69, 9.17) is 10.2 Å². The van der Waals surface area contributed by atoms with E-state index in [0.29, 0.717) is 3.57 Å². The van der Waals surface area contributed by atoms with Gasteiger partial charge < -0.3 is 20.6 Å². The molecule has 0 fully saturated rings. The van der Waals surface area contributed by atoms with Gasteiger partial charge >= 0.3 is 11.9 Å². The van der Waals surface area contributed by atoms with Crippen LogP contribution in [0.1, 0.15) is 16.8 Å². The maximum Gasteiger partial charge on any atom is 0.326 e. The van der Waals surface area contributed by atoms with Crippen LogP contribution in [0.4, 0.5) is 0 Å². The molecular weight excluding hydrogens is 369 g/mol. The van der Waals surface area contributed by atoms with Crippen molar-refractivity contribution < 1.29 is 29.7 Å². The van der Waals surface area contributed by atoms with Gasteiger partial charge in [0.1, 0.15) is 11.8 Å². The Morgan fingerprint density at radius 3 is 2.37 bits per heavy atom. The molecule has 0 bridgehead atoms. The number of halogens is 1. The molecule has 1 atom stereocenters. The van der Waals surface area contributed by atoms with Gasteiger partial charge in [-0.25, -0.2) is 4.79 Å². The molecule has 0 heterocycles. The molecule has 19 heavy (non-hydrogen) atoms. The van der Waals surface area contributed by atoms with Crippen molar-refractivity contribution in [1.82, 2.24) is 5.32 Å². The molecule has 1 rings (SSSR count). The summed E-state index contributed by atoms with van der Waals surface area (Å²) in [6, 6.07) is 2.54. The third-order valence-electron chi connectivity index (χ3n) is 2.19. The van der Waals surface area contributed by atoms with E-state index in [-0.39, 0.29) is 11.3 Å². The lowest BCUT2D eigenvalue weighted by atomic mass is 10.1. The molecule has 0 radical (unpaired) electrons. The number of nitrogens with one attached hydrogen (secondary N) is 1. The van der Waals surface area contributed by atoms with Crippen LogP contribution in [-0.4, -0.2) is 39.2 Å². The van der Waals surface area contributed by atoms with Crippen molar-refractivity contribution >= 4 is 40.4 Å². The third kappa shape index (κ3) is 4.39. The topological polar surface area (TPSA) is 124 Å². The highest BCUT2D eigenvalue weighted by Gasteiger charge is 2.23. The summed E-state index contributed by atoms with van der Waals surface area (Å²) in [6.45, 7) is 0. The molecule has 0 aromatic heterocycles. The first-order valence-corrected chi connectivity index (χ1v) is 6.13. The number of benzene rings is 1. The van der Waals surface area contributed by atoms with Gasteiger partial charge in [0.2, 0.25) is 0 Å². The molecule has 0 spiro atoms. The van der Waals surface area contributed by atoms with Crippen LogP contribution in [0.25, 0.3) is 0 Å². The van der Waals surface area contributed by atoms with Gasteiger partial charge in [-0.2, -0.15) is 0 Å². The van der Waals surface area contributed by atoms with Crippen molar-refractivity contribution in [1.29, 1.82) is 0 Å².